The minimum absolute atomic E-state index is 0.0192. The molecule has 9 aromatic rings. The Labute approximate surface area is 424 Å². The van der Waals surface area contributed by atoms with Gasteiger partial charge in [-0.1, -0.05) is 206 Å². The van der Waals surface area contributed by atoms with Crippen molar-refractivity contribution in [3.63, 3.8) is 0 Å². The monoisotopic (exact) mass is 967 g/mol. The van der Waals surface area contributed by atoms with Crippen LogP contribution >= 0.6 is 46.2 Å². The third-order valence-corrected chi connectivity index (χ3v) is 19.8. The van der Waals surface area contributed by atoms with Crippen LogP contribution in [0.15, 0.2) is 241 Å². The molecule has 0 N–H and O–H groups in total. The Kier molecular flexibility index (Phi) is 9.54. The van der Waals surface area contributed by atoms with Crippen LogP contribution in [0.25, 0.3) is 31.3 Å². The summed E-state index contributed by atoms with van der Waals surface area (Å²) in [5.74, 6) is 0.461. The van der Waals surface area contributed by atoms with Crippen LogP contribution in [0.5, 0.6) is 0 Å². The lowest BCUT2D eigenvalue weighted by atomic mass is 9.34. The highest BCUT2D eigenvalue weighted by molar-refractivity contribution is 8.04. The molecule has 4 aliphatic heterocycles. The maximum absolute atomic E-state index is 2.73. The summed E-state index contributed by atoms with van der Waals surface area (Å²) in [4.78, 5) is 7.94. The summed E-state index contributed by atoms with van der Waals surface area (Å²) in [6.07, 6.45) is 18.7. The maximum Gasteiger partial charge on any atom is 0.256 e. The molecule has 0 amide bonds. The first kappa shape index (κ1) is 40.9. The van der Waals surface area contributed by atoms with Gasteiger partial charge in [-0.2, -0.15) is 0 Å². The van der Waals surface area contributed by atoms with Crippen LogP contribution in [0, 0.1) is 11.8 Å². The average molecular weight is 968 g/mol. The Morgan fingerprint density at radius 3 is 1.26 bits per heavy atom. The number of fused-ring (bicyclic) bond motifs is 10. The van der Waals surface area contributed by atoms with Gasteiger partial charge >= 0.3 is 0 Å². The number of nitrogens with zero attached hydrogens (tertiary/aromatic N) is 3. The van der Waals surface area contributed by atoms with Gasteiger partial charge in [-0.3, -0.25) is 9.80 Å². The smallest absolute Gasteiger partial charge is 0.256 e. The molecule has 4 atom stereocenters. The van der Waals surface area contributed by atoms with Gasteiger partial charge in [0, 0.05) is 54.5 Å². The number of hydrogen-bond donors (Lipinski definition) is 0. The van der Waals surface area contributed by atoms with Crippen LogP contribution in [0.1, 0.15) is 11.1 Å². The van der Waals surface area contributed by atoms with E-state index in [1.165, 1.54) is 90.3 Å². The number of hydrogen-bond acceptors (Lipinski definition) is 7. The fourth-order valence-electron chi connectivity index (χ4n) is 11.9. The minimum atomic E-state index is -0.0192. The van der Waals surface area contributed by atoms with E-state index >= 15 is 0 Å². The molecule has 332 valence electrons. The van der Waals surface area contributed by atoms with Crippen LogP contribution in [0.4, 0.5) is 38.4 Å². The van der Waals surface area contributed by atoms with Gasteiger partial charge in [-0.15, -0.1) is 22.7 Å². The number of allylic oxidation sites excluding steroid dienone is 8. The molecule has 0 spiro atoms. The molecule has 4 unspecified atom stereocenters. The van der Waals surface area contributed by atoms with E-state index in [0.29, 0.717) is 0 Å². The molecule has 0 saturated heterocycles. The van der Waals surface area contributed by atoms with Gasteiger partial charge in [0.2, 0.25) is 0 Å². The van der Waals surface area contributed by atoms with Crippen LogP contribution in [0.2, 0.25) is 0 Å². The third kappa shape index (κ3) is 6.16. The Balaban J connectivity index is 1.11. The Bertz CT molecular complexity index is 3530. The van der Waals surface area contributed by atoms with Crippen molar-refractivity contribution < 1.29 is 0 Å². The number of anilines is 7. The van der Waals surface area contributed by atoms with Crippen molar-refractivity contribution in [1.82, 2.24) is 0 Å². The van der Waals surface area contributed by atoms with E-state index in [-0.39, 0.29) is 29.0 Å². The lowest BCUT2D eigenvalue weighted by molar-refractivity contribution is 0.874. The summed E-state index contributed by atoms with van der Waals surface area (Å²) < 4.78 is 2.63. The third-order valence-electron chi connectivity index (χ3n) is 14.8. The molecule has 0 fully saturated rings. The van der Waals surface area contributed by atoms with Crippen molar-refractivity contribution in [2.24, 2.45) is 11.8 Å². The maximum atomic E-state index is 2.73. The van der Waals surface area contributed by atoms with Gasteiger partial charge in [-0.25, -0.2) is 0 Å². The molecule has 8 heteroatoms. The Hall–Kier alpha value is -6.94. The molecule has 6 aliphatic rings. The fraction of sp³-hybridized carbons (Fsp3) is 0.0645. The lowest BCUT2D eigenvalue weighted by Gasteiger charge is -2.43. The molecular weight excluding hydrogens is 926 g/mol. The molecule has 70 heavy (non-hydrogen) atoms. The zero-order valence-corrected chi connectivity index (χ0v) is 41.1. The Morgan fingerprint density at radius 1 is 0.400 bits per heavy atom. The minimum Gasteiger partial charge on any atom is -0.310 e. The van der Waals surface area contributed by atoms with Crippen molar-refractivity contribution in [3.05, 3.63) is 252 Å². The van der Waals surface area contributed by atoms with E-state index in [1.807, 2.05) is 46.2 Å². The predicted molar refractivity (Wildman–Crippen MR) is 307 cm³/mol. The van der Waals surface area contributed by atoms with Crippen LogP contribution in [-0.4, -0.2) is 17.2 Å². The number of thioether (sulfide) groups is 2. The van der Waals surface area contributed by atoms with E-state index in [9.17, 15) is 0 Å². The predicted octanol–water partition coefficient (Wildman–Crippen LogP) is 15.5. The molecule has 0 bridgehead atoms. The van der Waals surface area contributed by atoms with Crippen LogP contribution in [-0.2, 0) is 0 Å². The lowest BCUT2D eigenvalue weighted by Crippen LogP contribution is -2.61. The number of thiophene rings is 2. The highest BCUT2D eigenvalue weighted by atomic mass is 32.2. The van der Waals surface area contributed by atoms with Crippen LogP contribution < -0.4 is 31.1 Å². The van der Waals surface area contributed by atoms with Gasteiger partial charge in [0.25, 0.3) is 6.71 Å². The van der Waals surface area contributed by atoms with Gasteiger partial charge in [0.1, 0.15) is 0 Å². The van der Waals surface area contributed by atoms with E-state index in [0.717, 1.165) is 17.1 Å². The van der Waals surface area contributed by atoms with Crippen molar-refractivity contribution in [2.75, 3.05) is 14.7 Å². The van der Waals surface area contributed by atoms with Crippen molar-refractivity contribution in [3.8, 4) is 0 Å². The average Bonchev–Trinajstić information content (AvgIpc) is 4.20. The molecule has 6 heterocycles. The molecule has 2 aromatic heterocycles. The van der Waals surface area contributed by atoms with Crippen molar-refractivity contribution >= 4 is 139 Å². The summed E-state index contributed by atoms with van der Waals surface area (Å²) in [5, 5.41) is 8.46. The summed E-state index contributed by atoms with van der Waals surface area (Å²) in [7, 11) is 0. The first-order valence-electron chi connectivity index (χ1n) is 24.1. The zero-order valence-electron chi connectivity index (χ0n) is 37.8. The number of para-hydroxylation sites is 2. The molecule has 3 nitrogen and oxygen atoms in total. The summed E-state index contributed by atoms with van der Waals surface area (Å²) in [5.41, 5.74) is 15.3. The van der Waals surface area contributed by atoms with Crippen molar-refractivity contribution in [1.29, 1.82) is 0 Å². The molecule has 2 aliphatic carbocycles. The molecule has 0 radical (unpaired) electrons. The highest BCUT2D eigenvalue weighted by Crippen LogP contribution is 2.60. The van der Waals surface area contributed by atoms with Gasteiger partial charge in [0.15, 0.2) is 0 Å². The standard InChI is InChI=1S/C62H42BN3S4/c1-5-21-39(22-6-1)54-44-29-13-17-33-50(44)67-59(54)65-48-37-43(64(41-25-9-3-10-26-41)42-27-11-4-12-28-42)38-49-58(48)63(56-46-31-15-19-35-52(46)69-61(56)65)57-47-32-16-20-36-53(47)70-62(57)66(49)60-55(40-23-7-2-8-24-40)45-30-14-18-34-51(45)68-60/h1-38,44-45,50-51H. The van der Waals surface area contributed by atoms with E-state index in [1.54, 1.807) is 0 Å². The molecule has 0 saturated carbocycles. The van der Waals surface area contributed by atoms with Crippen molar-refractivity contribution in [2.45, 2.75) is 10.5 Å². The zero-order chi connectivity index (χ0) is 45.9. The summed E-state index contributed by atoms with van der Waals surface area (Å²) >= 11 is 7.97. The first-order chi connectivity index (χ1) is 34.8. The fourth-order valence-corrected chi connectivity index (χ4v) is 17.4. The second kappa shape index (κ2) is 16.3. The molecule has 15 rings (SSSR count). The van der Waals surface area contributed by atoms with E-state index < -0.39 is 0 Å². The van der Waals surface area contributed by atoms with Crippen LogP contribution in [0.3, 0.4) is 0 Å². The van der Waals surface area contributed by atoms with Gasteiger partial charge in [-0.05, 0) is 98.0 Å². The molecular formula is C62H42BN3S4. The summed E-state index contributed by atoms with van der Waals surface area (Å²) in [6, 6.07) is 67.8. The normalized spacial score (nSPS) is 20.3. The molecule has 7 aromatic carbocycles. The summed E-state index contributed by atoms with van der Waals surface area (Å²) in [6.45, 7) is -0.0192. The number of rotatable bonds is 7. The highest BCUT2D eigenvalue weighted by Gasteiger charge is 2.51. The second-order valence-corrected chi connectivity index (χ2v) is 23.0. The topological polar surface area (TPSA) is 9.72 Å². The number of benzene rings is 7. The largest absolute Gasteiger partial charge is 0.310 e. The van der Waals surface area contributed by atoms with Gasteiger partial charge < -0.3 is 4.90 Å². The SMILES string of the molecule is C1=CC2SC(N3c4cc(N(c5ccccc5)c5ccccc5)cc5c4B(c4c3sc3ccccc43)c3c(sc4ccccc34)N5C3=C(c4ccccc4)C4C=CC=CC4S3)=C(c3ccccc3)C2C=C1. The van der Waals surface area contributed by atoms with E-state index in [4.69, 9.17) is 0 Å². The van der Waals surface area contributed by atoms with E-state index in [2.05, 4.69) is 245 Å². The Morgan fingerprint density at radius 2 is 0.800 bits per heavy atom. The second-order valence-electron chi connectivity index (χ2n) is 18.6. The first-order valence-corrected chi connectivity index (χ1v) is 27.5. The van der Waals surface area contributed by atoms with Gasteiger partial charge in [0.05, 0.1) is 25.7 Å². The quantitative estimate of drug-likeness (QED) is 0.147.